The van der Waals surface area contributed by atoms with Gasteiger partial charge >= 0.3 is 0 Å². The molecule has 0 atom stereocenters. The highest BCUT2D eigenvalue weighted by atomic mass is 19.1. The lowest BCUT2D eigenvalue weighted by atomic mass is 10.0. The smallest absolute Gasteiger partial charge is 0.273 e. The summed E-state index contributed by atoms with van der Waals surface area (Å²) < 4.78 is 18.3. The lowest BCUT2D eigenvalue weighted by molar-refractivity contribution is -0.0373. The lowest BCUT2D eigenvalue weighted by Gasteiger charge is -2.41. The third-order valence-electron chi connectivity index (χ3n) is 2.82. The van der Waals surface area contributed by atoms with Crippen molar-refractivity contribution in [2.45, 2.75) is 19.4 Å². The second-order valence-electron chi connectivity index (χ2n) is 4.67. The van der Waals surface area contributed by atoms with Gasteiger partial charge in [-0.05, 0) is 26.0 Å². The van der Waals surface area contributed by atoms with E-state index in [9.17, 15) is 9.18 Å². The van der Waals surface area contributed by atoms with E-state index in [2.05, 4.69) is 4.98 Å². The van der Waals surface area contributed by atoms with Gasteiger partial charge in [0.05, 0.1) is 18.8 Å². The third kappa shape index (κ3) is 2.44. The Balaban J connectivity index is 2.25. The lowest BCUT2D eigenvalue weighted by Crippen LogP contribution is -2.55. The molecule has 0 radical (unpaired) electrons. The summed E-state index contributed by atoms with van der Waals surface area (Å²) >= 11 is 0. The van der Waals surface area contributed by atoms with E-state index < -0.39 is 5.95 Å². The van der Waals surface area contributed by atoms with E-state index in [0.29, 0.717) is 19.8 Å². The SMILES string of the molecule is CC1(C)COCCN1C(=O)c1cccc(F)n1. The maximum Gasteiger partial charge on any atom is 0.273 e. The average Bonchev–Trinajstić information content (AvgIpc) is 2.27. The van der Waals surface area contributed by atoms with Gasteiger partial charge in [-0.1, -0.05) is 6.07 Å². The number of pyridine rings is 1. The van der Waals surface area contributed by atoms with Gasteiger partial charge in [0, 0.05) is 6.54 Å². The zero-order valence-corrected chi connectivity index (χ0v) is 9.94. The molecule has 5 heteroatoms. The Morgan fingerprint density at radius 2 is 2.29 bits per heavy atom. The van der Waals surface area contributed by atoms with Gasteiger partial charge in [0.25, 0.3) is 5.91 Å². The van der Waals surface area contributed by atoms with E-state index in [0.717, 1.165) is 0 Å². The summed E-state index contributed by atoms with van der Waals surface area (Å²) in [6.07, 6.45) is 0. The van der Waals surface area contributed by atoms with E-state index in [4.69, 9.17) is 4.74 Å². The van der Waals surface area contributed by atoms with Crippen LogP contribution < -0.4 is 0 Å². The zero-order valence-electron chi connectivity index (χ0n) is 9.94. The summed E-state index contributed by atoms with van der Waals surface area (Å²) in [7, 11) is 0. The highest BCUT2D eigenvalue weighted by Gasteiger charge is 2.35. The predicted molar refractivity (Wildman–Crippen MR) is 60.1 cm³/mol. The van der Waals surface area contributed by atoms with Gasteiger partial charge in [0.15, 0.2) is 0 Å². The van der Waals surface area contributed by atoms with Crippen molar-refractivity contribution in [2.24, 2.45) is 0 Å². The van der Waals surface area contributed by atoms with E-state index in [1.54, 1.807) is 4.90 Å². The maximum atomic E-state index is 13.0. The van der Waals surface area contributed by atoms with E-state index in [1.165, 1.54) is 18.2 Å². The minimum Gasteiger partial charge on any atom is -0.377 e. The van der Waals surface area contributed by atoms with Crippen molar-refractivity contribution in [1.29, 1.82) is 0 Å². The van der Waals surface area contributed by atoms with Crippen LogP contribution in [-0.2, 0) is 4.74 Å². The number of hydrogen-bond donors (Lipinski definition) is 0. The van der Waals surface area contributed by atoms with Crippen LogP contribution in [0.4, 0.5) is 4.39 Å². The Labute approximate surface area is 99.4 Å². The van der Waals surface area contributed by atoms with Gasteiger partial charge in [-0.15, -0.1) is 0 Å². The first kappa shape index (κ1) is 12.0. The fraction of sp³-hybridized carbons (Fsp3) is 0.500. The van der Waals surface area contributed by atoms with Crippen molar-refractivity contribution in [1.82, 2.24) is 9.88 Å². The number of halogens is 1. The molecule has 17 heavy (non-hydrogen) atoms. The van der Waals surface area contributed by atoms with Crippen LogP contribution in [0.25, 0.3) is 0 Å². The van der Waals surface area contributed by atoms with Crippen LogP contribution in [0.3, 0.4) is 0 Å². The maximum absolute atomic E-state index is 13.0. The van der Waals surface area contributed by atoms with Crippen molar-refractivity contribution in [3.05, 3.63) is 29.8 Å². The Morgan fingerprint density at radius 1 is 1.53 bits per heavy atom. The highest BCUT2D eigenvalue weighted by molar-refractivity contribution is 5.92. The number of morpholine rings is 1. The number of rotatable bonds is 1. The molecule has 0 spiro atoms. The number of amides is 1. The second kappa shape index (κ2) is 4.41. The Hall–Kier alpha value is -1.49. The van der Waals surface area contributed by atoms with Crippen molar-refractivity contribution in [2.75, 3.05) is 19.8 Å². The molecule has 4 nitrogen and oxygen atoms in total. The number of carbonyl (C=O) groups is 1. The van der Waals surface area contributed by atoms with Crippen molar-refractivity contribution in [3.63, 3.8) is 0 Å². The van der Waals surface area contributed by atoms with Crippen molar-refractivity contribution >= 4 is 5.91 Å². The normalized spacial score (nSPS) is 19.1. The van der Waals surface area contributed by atoms with Crippen LogP contribution in [0.5, 0.6) is 0 Å². The molecule has 1 saturated heterocycles. The first-order valence-electron chi connectivity index (χ1n) is 5.53. The van der Waals surface area contributed by atoms with Gasteiger partial charge in [-0.3, -0.25) is 4.79 Å². The number of carbonyl (C=O) groups excluding carboxylic acids is 1. The molecule has 1 aromatic rings. The standard InChI is InChI=1S/C12H15FN2O2/c1-12(2)8-17-7-6-15(12)11(16)9-4-3-5-10(13)14-9/h3-5H,6-8H2,1-2H3. The summed E-state index contributed by atoms with van der Waals surface area (Å²) in [5.41, 5.74) is -0.247. The van der Waals surface area contributed by atoms with Crippen LogP contribution in [0.2, 0.25) is 0 Å². The first-order valence-corrected chi connectivity index (χ1v) is 5.53. The van der Waals surface area contributed by atoms with Crippen molar-refractivity contribution < 1.29 is 13.9 Å². The molecule has 0 aliphatic carbocycles. The predicted octanol–water partition coefficient (Wildman–Crippen LogP) is 1.47. The van der Waals surface area contributed by atoms with Gasteiger partial charge in [0.1, 0.15) is 5.69 Å². The van der Waals surface area contributed by atoms with Gasteiger partial charge in [0.2, 0.25) is 5.95 Å². The van der Waals surface area contributed by atoms with Crippen LogP contribution in [0.1, 0.15) is 24.3 Å². The minimum atomic E-state index is -0.637. The number of aromatic nitrogens is 1. The highest BCUT2D eigenvalue weighted by Crippen LogP contribution is 2.21. The summed E-state index contributed by atoms with van der Waals surface area (Å²) in [5, 5.41) is 0. The molecule has 0 bridgehead atoms. The van der Waals surface area contributed by atoms with E-state index in [1.807, 2.05) is 13.8 Å². The molecule has 1 aliphatic rings. The summed E-state index contributed by atoms with van der Waals surface area (Å²) in [6.45, 7) is 5.33. The summed E-state index contributed by atoms with van der Waals surface area (Å²) in [5.74, 6) is -0.889. The van der Waals surface area contributed by atoms with Crippen LogP contribution in [-0.4, -0.2) is 41.1 Å². The molecule has 0 saturated carbocycles. The van der Waals surface area contributed by atoms with Gasteiger partial charge in [-0.25, -0.2) is 4.98 Å². The van der Waals surface area contributed by atoms with Crippen LogP contribution >= 0.6 is 0 Å². The molecular weight excluding hydrogens is 223 g/mol. The number of hydrogen-bond acceptors (Lipinski definition) is 3. The Bertz CT molecular complexity index is 434. The Morgan fingerprint density at radius 3 is 2.94 bits per heavy atom. The molecule has 1 aromatic heterocycles. The molecule has 1 fully saturated rings. The summed E-state index contributed by atoms with van der Waals surface area (Å²) in [4.78, 5) is 17.5. The average molecular weight is 238 g/mol. The van der Waals surface area contributed by atoms with Crippen LogP contribution in [0.15, 0.2) is 18.2 Å². The topological polar surface area (TPSA) is 42.4 Å². The van der Waals surface area contributed by atoms with Crippen LogP contribution in [0, 0.1) is 5.95 Å². The molecule has 92 valence electrons. The van der Waals surface area contributed by atoms with E-state index >= 15 is 0 Å². The third-order valence-corrected chi connectivity index (χ3v) is 2.82. The molecule has 2 rings (SSSR count). The quantitative estimate of drug-likeness (QED) is 0.696. The molecule has 0 unspecified atom stereocenters. The van der Waals surface area contributed by atoms with Gasteiger partial charge in [-0.2, -0.15) is 4.39 Å². The summed E-state index contributed by atoms with van der Waals surface area (Å²) in [6, 6.07) is 4.24. The fourth-order valence-corrected chi connectivity index (χ4v) is 1.90. The number of nitrogens with zero attached hydrogens (tertiary/aromatic N) is 2. The first-order chi connectivity index (χ1) is 8.00. The monoisotopic (exact) mass is 238 g/mol. The molecule has 1 aliphatic heterocycles. The minimum absolute atomic E-state index is 0.139. The molecule has 1 amide bonds. The van der Waals surface area contributed by atoms with E-state index in [-0.39, 0.29) is 17.1 Å². The molecule has 0 N–H and O–H groups in total. The van der Waals surface area contributed by atoms with Gasteiger partial charge < -0.3 is 9.64 Å². The molecular formula is C12H15FN2O2. The van der Waals surface area contributed by atoms with Crippen molar-refractivity contribution in [3.8, 4) is 0 Å². The molecule has 2 heterocycles. The Kier molecular flexibility index (Phi) is 3.11. The molecule has 0 aromatic carbocycles. The fourth-order valence-electron chi connectivity index (χ4n) is 1.90. The number of ether oxygens (including phenoxy) is 1. The largest absolute Gasteiger partial charge is 0.377 e. The second-order valence-corrected chi connectivity index (χ2v) is 4.67. The zero-order chi connectivity index (χ0) is 12.5.